The zero-order chi connectivity index (χ0) is 17.2. The zero-order valence-electron chi connectivity index (χ0n) is 15.0. The lowest BCUT2D eigenvalue weighted by Gasteiger charge is -2.19. The Hall–Kier alpha value is -1.65. The van der Waals surface area contributed by atoms with E-state index < -0.39 is 0 Å². The minimum Gasteiger partial charge on any atom is -0.300 e. The van der Waals surface area contributed by atoms with Crippen molar-refractivity contribution in [1.82, 2.24) is 4.90 Å². The van der Waals surface area contributed by atoms with Crippen LogP contribution >= 0.6 is 11.8 Å². The molecule has 0 bridgehead atoms. The van der Waals surface area contributed by atoms with Gasteiger partial charge in [-0.15, -0.1) is 11.8 Å². The Bertz CT molecular complexity index is 771. The minimum absolute atomic E-state index is 0.716. The van der Waals surface area contributed by atoms with Crippen LogP contribution < -0.4 is 0 Å². The van der Waals surface area contributed by atoms with Gasteiger partial charge in [0, 0.05) is 30.3 Å². The molecule has 0 N–H and O–H groups in total. The number of aliphatic imine (C=N–C) groups is 2. The fourth-order valence-electron chi connectivity index (χ4n) is 3.79. The van der Waals surface area contributed by atoms with Gasteiger partial charge >= 0.3 is 0 Å². The average Bonchev–Trinajstić information content (AvgIpc) is 3.24. The summed E-state index contributed by atoms with van der Waals surface area (Å²) >= 11 is 1.78. The van der Waals surface area contributed by atoms with Crippen molar-refractivity contribution in [2.75, 3.05) is 19.3 Å². The number of hydrogen-bond donors (Lipinski definition) is 0. The maximum atomic E-state index is 4.81. The highest BCUT2D eigenvalue weighted by Gasteiger charge is 2.23. The van der Waals surface area contributed by atoms with Crippen LogP contribution in [0.4, 0.5) is 0 Å². The van der Waals surface area contributed by atoms with Gasteiger partial charge in [-0.2, -0.15) is 0 Å². The van der Waals surface area contributed by atoms with E-state index in [2.05, 4.69) is 54.5 Å². The molecule has 0 unspecified atom stereocenters. The fraction of sp³-hybridized carbons (Fsp3) is 0.429. The molecule has 1 aromatic carbocycles. The molecule has 3 aliphatic rings. The van der Waals surface area contributed by atoms with Gasteiger partial charge in [0.15, 0.2) is 0 Å². The van der Waals surface area contributed by atoms with Crippen molar-refractivity contribution >= 4 is 28.9 Å². The van der Waals surface area contributed by atoms with Gasteiger partial charge in [-0.25, -0.2) is 9.98 Å². The Morgan fingerprint density at radius 3 is 2.76 bits per heavy atom. The zero-order valence-corrected chi connectivity index (χ0v) is 15.9. The summed E-state index contributed by atoms with van der Waals surface area (Å²) in [6.07, 6.45) is 11.1. The van der Waals surface area contributed by atoms with Crippen LogP contribution in [0.25, 0.3) is 5.57 Å². The first kappa shape index (κ1) is 16.8. The van der Waals surface area contributed by atoms with E-state index in [9.17, 15) is 0 Å². The second-order valence-electron chi connectivity index (χ2n) is 6.99. The van der Waals surface area contributed by atoms with E-state index in [1.165, 1.54) is 35.4 Å². The quantitative estimate of drug-likeness (QED) is 0.712. The SMILES string of the molecule is CSc1ccc(C2=CCC3=NC(CCN4CCC[C@H]4C)=NC3=C2)cc1. The van der Waals surface area contributed by atoms with Crippen molar-refractivity contribution in [2.45, 2.75) is 43.5 Å². The van der Waals surface area contributed by atoms with E-state index >= 15 is 0 Å². The number of amidine groups is 1. The smallest absolute Gasteiger partial charge is 0.130 e. The molecule has 2 heterocycles. The number of allylic oxidation sites excluding steroid dienone is 4. The second kappa shape index (κ2) is 7.30. The van der Waals surface area contributed by atoms with Gasteiger partial charge < -0.3 is 4.90 Å². The van der Waals surface area contributed by atoms with Gasteiger partial charge in [-0.3, -0.25) is 0 Å². The number of likely N-dealkylation sites (tertiary alicyclic amines) is 1. The predicted octanol–water partition coefficient (Wildman–Crippen LogP) is 4.81. The predicted molar refractivity (Wildman–Crippen MR) is 109 cm³/mol. The van der Waals surface area contributed by atoms with E-state index in [0.29, 0.717) is 6.04 Å². The molecule has 1 atom stereocenters. The minimum atomic E-state index is 0.716. The standard InChI is InChI=1S/C21H25N3S/c1-15-4-3-12-24(15)13-11-21-22-19-10-7-17(14-20(19)23-21)16-5-8-18(25-2)9-6-16/h5-9,14-15H,3-4,10-13H2,1-2H3/t15-/m1/s1. The number of rotatable bonds is 5. The third-order valence-corrected chi connectivity index (χ3v) is 6.10. The highest BCUT2D eigenvalue weighted by Crippen LogP contribution is 2.29. The van der Waals surface area contributed by atoms with Crippen molar-refractivity contribution in [2.24, 2.45) is 9.98 Å². The summed E-state index contributed by atoms with van der Waals surface area (Å²) in [5, 5.41) is 0. The Labute approximate surface area is 154 Å². The van der Waals surface area contributed by atoms with E-state index in [-0.39, 0.29) is 0 Å². The van der Waals surface area contributed by atoms with Crippen molar-refractivity contribution in [3.8, 4) is 0 Å². The van der Waals surface area contributed by atoms with Crippen LogP contribution in [0.15, 0.2) is 57.0 Å². The normalized spacial score (nSPS) is 23.0. The van der Waals surface area contributed by atoms with E-state index in [1.807, 2.05) is 0 Å². The van der Waals surface area contributed by atoms with Crippen LogP contribution in [-0.4, -0.2) is 41.8 Å². The van der Waals surface area contributed by atoms with Gasteiger partial charge in [0.25, 0.3) is 0 Å². The van der Waals surface area contributed by atoms with Crippen molar-refractivity contribution < 1.29 is 0 Å². The molecule has 4 rings (SSSR count). The summed E-state index contributed by atoms with van der Waals surface area (Å²) in [7, 11) is 0. The molecule has 1 aromatic rings. The van der Waals surface area contributed by atoms with Crippen LogP contribution in [0.3, 0.4) is 0 Å². The number of thioether (sulfide) groups is 1. The molecule has 2 aliphatic heterocycles. The summed E-state index contributed by atoms with van der Waals surface area (Å²) in [6, 6.07) is 9.48. The molecule has 0 spiro atoms. The summed E-state index contributed by atoms with van der Waals surface area (Å²) in [5.41, 5.74) is 4.73. The van der Waals surface area contributed by atoms with Crippen LogP contribution in [0.5, 0.6) is 0 Å². The largest absolute Gasteiger partial charge is 0.300 e. The van der Waals surface area contributed by atoms with Crippen molar-refractivity contribution in [3.05, 3.63) is 47.7 Å². The molecule has 0 saturated carbocycles. The topological polar surface area (TPSA) is 28.0 Å². The molecular formula is C21H25N3S. The first-order chi connectivity index (χ1) is 12.2. The first-order valence-electron chi connectivity index (χ1n) is 9.19. The molecule has 1 saturated heterocycles. The summed E-state index contributed by atoms with van der Waals surface area (Å²) in [6.45, 7) is 4.64. The Morgan fingerprint density at radius 1 is 1.20 bits per heavy atom. The number of nitrogens with zero attached hydrogens (tertiary/aromatic N) is 3. The number of benzene rings is 1. The molecule has 25 heavy (non-hydrogen) atoms. The summed E-state index contributed by atoms with van der Waals surface area (Å²) in [4.78, 5) is 13.4. The molecular weight excluding hydrogens is 326 g/mol. The molecule has 1 fully saturated rings. The van der Waals surface area contributed by atoms with E-state index in [0.717, 1.165) is 36.6 Å². The van der Waals surface area contributed by atoms with Crippen LogP contribution in [0.2, 0.25) is 0 Å². The van der Waals surface area contributed by atoms with E-state index in [4.69, 9.17) is 9.98 Å². The lowest BCUT2D eigenvalue weighted by atomic mass is 9.97. The molecule has 0 radical (unpaired) electrons. The lowest BCUT2D eigenvalue weighted by molar-refractivity contribution is 0.277. The van der Waals surface area contributed by atoms with Gasteiger partial charge in [-0.1, -0.05) is 18.2 Å². The highest BCUT2D eigenvalue weighted by molar-refractivity contribution is 7.98. The molecule has 1 aliphatic carbocycles. The van der Waals surface area contributed by atoms with Gasteiger partial charge in [0.2, 0.25) is 0 Å². The Kier molecular flexibility index (Phi) is 4.91. The highest BCUT2D eigenvalue weighted by atomic mass is 32.2. The second-order valence-corrected chi connectivity index (χ2v) is 7.87. The number of hydrogen-bond acceptors (Lipinski definition) is 4. The van der Waals surface area contributed by atoms with Crippen molar-refractivity contribution in [1.29, 1.82) is 0 Å². The van der Waals surface area contributed by atoms with Crippen molar-refractivity contribution in [3.63, 3.8) is 0 Å². The monoisotopic (exact) mass is 351 g/mol. The lowest BCUT2D eigenvalue weighted by Crippen LogP contribution is -2.28. The van der Waals surface area contributed by atoms with Gasteiger partial charge in [-0.05, 0) is 61.9 Å². The molecule has 0 aromatic heterocycles. The summed E-state index contributed by atoms with van der Waals surface area (Å²) in [5.74, 6) is 1.01. The Balaban J connectivity index is 1.44. The third-order valence-electron chi connectivity index (χ3n) is 5.35. The van der Waals surface area contributed by atoms with Gasteiger partial charge in [0.1, 0.15) is 5.84 Å². The molecule has 130 valence electrons. The maximum absolute atomic E-state index is 4.81. The summed E-state index contributed by atoms with van der Waals surface area (Å²) < 4.78 is 0. The average molecular weight is 352 g/mol. The third kappa shape index (κ3) is 3.65. The van der Waals surface area contributed by atoms with Crippen LogP contribution in [0.1, 0.15) is 38.2 Å². The van der Waals surface area contributed by atoms with Crippen LogP contribution in [0, 0.1) is 0 Å². The molecule has 4 heteroatoms. The maximum Gasteiger partial charge on any atom is 0.130 e. The fourth-order valence-corrected chi connectivity index (χ4v) is 4.19. The first-order valence-corrected chi connectivity index (χ1v) is 10.4. The van der Waals surface area contributed by atoms with E-state index in [1.54, 1.807) is 11.8 Å². The molecule has 3 nitrogen and oxygen atoms in total. The van der Waals surface area contributed by atoms with Crippen LogP contribution in [-0.2, 0) is 0 Å². The Morgan fingerprint density at radius 2 is 2.04 bits per heavy atom. The van der Waals surface area contributed by atoms with Gasteiger partial charge in [0.05, 0.1) is 11.4 Å². The molecule has 0 amide bonds. The number of fused-ring (bicyclic) bond motifs is 1.